The van der Waals surface area contributed by atoms with Crippen LogP contribution in [0.15, 0.2) is 44.9 Å². The number of carbonyl (C=O) groups excluding carboxylic acids is 2. The Balaban J connectivity index is 2.34. The van der Waals surface area contributed by atoms with Crippen LogP contribution >= 0.6 is 22.6 Å². The number of fused-ring (bicyclic) bond motifs is 1. The summed E-state index contributed by atoms with van der Waals surface area (Å²) in [6.45, 7) is 3.52. The molecule has 0 fully saturated rings. The van der Waals surface area contributed by atoms with Crippen molar-refractivity contribution < 1.29 is 19.1 Å². The first-order chi connectivity index (χ1) is 10.6. The number of hydrogen-bond donors (Lipinski definition) is 1. The van der Waals surface area contributed by atoms with Crippen LogP contribution in [0.3, 0.4) is 0 Å². The lowest BCUT2D eigenvalue weighted by molar-refractivity contribution is 0.0993. The number of halogens is 1. The number of rotatable bonds is 3. The van der Waals surface area contributed by atoms with E-state index in [1.165, 1.54) is 6.08 Å². The summed E-state index contributed by atoms with van der Waals surface area (Å²) in [4.78, 5) is 24.7. The van der Waals surface area contributed by atoms with Gasteiger partial charge in [0.1, 0.15) is 18.1 Å². The van der Waals surface area contributed by atoms with Gasteiger partial charge in [0.25, 0.3) is 0 Å². The summed E-state index contributed by atoms with van der Waals surface area (Å²) in [6, 6.07) is 6.68. The van der Waals surface area contributed by atoms with E-state index in [1.54, 1.807) is 30.3 Å². The fraction of sp³-hybridized carbons (Fsp3) is 0.0588. The average Bonchev–Trinajstić information content (AvgIpc) is 3.00. The lowest BCUT2D eigenvalue weighted by atomic mass is 9.87. The average molecular weight is 406 g/mol. The van der Waals surface area contributed by atoms with E-state index >= 15 is 0 Å². The van der Waals surface area contributed by atoms with Crippen LogP contribution in [0.5, 0.6) is 0 Å². The maximum Gasteiger partial charge on any atom is 0.200 e. The molecule has 0 amide bonds. The molecule has 4 nitrogen and oxygen atoms in total. The minimum Gasteiger partial charge on any atom is -0.459 e. The molecule has 22 heavy (non-hydrogen) atoms. The van der Waals surface area contributed by atoms with E-state index in [9.17, 15) is 9.59 Å². The maximum atomic E-state index is 12.5. The fourth-order valence-corrected chi connectivity index (χ4v) is 3.02. The topological polar surface area (TPSA) is 67.5 Å². The summed E-state index contributed by atoms with van der Waals surface area (Å²) in [7, 11) is 0. The summed E-state index contributed by atoms with van der Waals surface area (Å²) < 4.78 is 5.93. The summed E-state index contributed by atoms with van der Waals surface area (Å²) in [5, 5.41) is 9.15. The molecule has 0 saturated heterocycles. The second kappa shape index (κ2) is 5.66. The Labute approximate surface area is 140 Å². The first kappa shape index (κ1) is 14.9. The van der Waals surface area contributed by atoms with Gasteiger partial charge in [-0.1, -0.05) is 18.7 Å². The molecular weight excluding hydrogens is 395 g/mol. The quantitative estimate of drug-likeness (QED) is 0.789. The molecule has 1 aliphatic rings. The summed E-state index contributed by atoms with van der Waals surface area (Å²) in [5.74, 6) is 0.408. The van der Waals surface area contributed by atoms with Crippen LogP contribution in [0.25, 0.3) is 17.4 Å². The van der Waals surface area contributed by atoms with Crippen LogP contribution < -0.4 is 0 Å². The molecule has 1 heterocycles. The van der Waals surface area contributed by atoms with Gasteiger partial charge in [0.2, 0.25) is 5.78 Å². The van der Waals surface area contributed by atoms with Crippen LogP contribution in [0.4, 0.5) is 0 Å². The minimum absolute atomic E-state index is 0.204. The van der Waals surface area contributed by atoms with Gasteiger partial charge in [-0.05, 0) is 46.4 Å². The van der Waals surface area contributed by atoms with Crippen LogP contribution in [0.1, 0.15) is 32.0 Å². The molecule has 0 aliphatic heterocycles. The number of hydrogen-bond acceptors (Lipinski definition) is 4. The van der Waals surface area contributed by atoms with Crippen LogP contribution in [0.2, 0.25) is 0 Å². The van der Waals surface area contributed by atoms with Gasteiger partial charge in [-0.25, -0.2) is 0 Å². The van der Waals surface area contributed by atoms with E-state index in [1.807, 2.05) is 22.6 Å². The minimum atomic E-state index is -0.233. The van der Waals surface area contributed by atoms with Gasteiger partial charge in [-0.3, -0.25) is 9.59 Å². The summed E-state index contributed by atoms with van der Waals surface area (Å²) in [5.41, 5.74) is 1.92. The van der Waals surface area contributed by atoms with Gasteiger partial charge in [-0.2, -0.15) is 0 Å². The number of Topliss-reactive ketones (excluding diaryl/α,β-unsaturated/α-hetero) is 1. The Hall–Kier alpha value is -1.99. The molecule has 0 bridgehead atoms. The van der Waals surface area contributed by atoms with Crippen molar-refractivity contribution in [1.29, 1.82) is 0 Å². The van der Waals surface area contributed by atoms with Crippen molar-refractivity contribution in [3.05, 3.63) is 63.0 Å². The normalized spacial score (nSPS) is 13.8. The zero-order chi connectivity index (χ0) is 15.9. The van der Waals surface area contributed by atoms with E-state index in [-0.39, 0.29) is 18.2 Å². The highest BCUT2D eigenvalue weighted by molar-refractivity contribution is 14.1. The van der Waals surface area contributed by atoms with Crippen molar-refractivity contribution in [2.24, 2.45) is 0 Å². The highest BCUT2D eigenvalue weighted by Gasteiger charge is 2.29. The molecule has 110 valence electrons. The fourth-order valence-electron chi connectivity index (χ4n) is 2.47. The van der Waals surface area contributed by atoms with Crippen molar-refractivity contribution in [2.45, 2.75) is 6.61 Å². The van der Waals surface area contributed by atoms with E-state index in [0.717, 1.165) is 0 Å². The largest absolute Gasteiger partial charge is 0.459 e. The van der Waals surface area contributed by atoms with Gasteiger partial charge in [-0.15, -0.1) is 0 Å². The molecular formula is C17H11IO4. The first-order valence-corrected chi connectivity index (χ1v) is 7.60. The second-order valence-electron chi connectivity index (χ2n) is 4.77. The third-order valence-electron chi connectivity index (χ3n) is 3.49. The van der Waals surface area contributed by atoms with E-state index in [0.29, 0.717) is 37.4 Å². The lowest BCUT2D eigenvalue weighted by Gasteiger charge is -2.17. The molecule has 2 aromatic rings. The van der Waals surface area contributed by atoms with Crippen molar-refractivity contribution in [2.75, 3.05) is 0 Å². The molecule has 0 atom stereocenters. The van der Waals surface area contributed by atoms with Crippen molar-refractivity contribution in [3.63, 3.8) is 0 Å². The lowest BCUT2D eigenvalue weighted by Crippen LogP contribution is -2.16. The van der Waals surface area contributed by atoms with E-state index < -0.39 is 0 Å². The Bertz CT molecular complexity index is 842. The SMILES string of the molecule is C=Cc1ccc2c(c1-c1ccc(CO)o1)C(=O)C(I)=CC2=O. The van der Waals surface area contributed by atoms with Crippen LogP contribution in [0, 0.1) is 0 Å². The van der Waals surface area contributed by atoms with Gasteiger partial charge in [0, 0.05) is 22.8 Å². The van der Waals surface area contributed by atoms with Crippen molar-refractivity contribution >= 4 is 40.2 Å². The van der Waals surface area contributed by atoms with E-state index in [2.05, 4.69) is 6.58 Å². The van der Waals surface area contributed by atoms with Crippen molar-refractivity contribution in [1.82, 2.24) is 0 Å². The Morgan fingerprint density at radius 1 is 1.18 bits per heavy atom. The smallest absolute Gasteiger partial charge is 0.200 e. The monoisotopic (exact) mass is 406 g/mol. The molecule has 1 aromatic heterocycles. The molecule has 0 radical (unpaired) electrons. The molecule has 1 aromatic carbocycles. The van der Waals surface area contributed by atoms with E-state index in [4.69, 9.17) is 9.52 Å². The summed E-state index contributed by atoms with van der Waals surface area (Å²) in [6.07, 6.45) is 2.95. The predicted molar refractivity (Wildman–Crippen MR) is 90.9 cm³/mol. The third-order valence-corrected chi connectivity index (χ3v) is 4.29. The number of aliphatic hydroxyl groups is 1. The number of benzene rings is 1. The predicted octanol–water partition coefficient (Wildman–Crippen LogP) is 3.78. The Kier molecular flexibility index (Phi) is 3.84. The van der Waals surface area contributed by atoms with Crippen molar-refractivity contribution in [3.8, 4) is 11.3 Å². The number of furan rings is 1. The van der Waals surface area contributed by atoms with Gasteiger partial charge in [0.05, 0.1) is 3.58 Å². The molecule has 0 saturated carbocycles. The molecule has 1 N–H and O–H groups in total. The zero-order valence-electron chi connectivity index (χ0n) is 11.4. The zero-order valence-corrected chi connectivity index (χ0v) is 13.6. The standard InChI is InChI=1S/C17H11IO4/c1-2-9-3-5-11-13(20)7-12(18)17(21)16(11)15(9)14-6-4-10(8-19)22-14/h2-7,19H,1,8H2. The summed E-state index contributed by atoms with van der Waals surface area (Å²) >= 11 is 1.86. The van der Waals surface area contributed by atoms with Crippen LogP contribution in [-0.2, 0) is 6.61 Å². The third kappa shape index (κ3) is 2.26. The highest BCUT2D eigenvalue weighted by Crippen LogP contribution is 2.37. The number of allylic oxidation sites excluding steroid dienone is 2. The van der Waals surface area contributed by atoms with Crippen LogP contribution in [-0.4, -0.2) is 16.7 Å². The number of ketones is 2. The maximum absolute atomic E-state index is 12.5. The number of aliphatic hydroxyl groups excluding tert-OH is 1. The molecule has 3 rings (SSSR count). The van der Waals surface area contributed by atoms with Gasteiger partial charge >= 0.3 is 0 Å². The molecule has 0 unspecified atom stereocenters. The second-order valence-corrected chi connectivity index (χ2v) is 5.93. The Morgan fingerprint density at radius 2 is 1.95 bits per heavy atom. The van der Waals surface area contributed by atoms with Gasteiger partial charge in [0.15, 0.2) is 5.78 Å². The Morgan fingerprint density at radius 3 is 2.59 bits per heavy atom. The molecule has 0 spiro atoms. The molecule has 1 aliphatic carbocycles. The molecule has 5 heteroatoms. The highest BCUT2D eigenvalue weighted by atomic mass is 127. The first-order valence-electron chi connectivity index (χ1n) is 6.52. The van der Waals surface area contributed by atoms with Gasteiger partial charge < -0.3 is 9.52 Å². The number of carbonyl (C=O) groups is 2.